The fourth-order valence-corrected chi connectivity index (χ4v) is 2.88. The molecule has 6 heteroatoms. The van der Waals surface area contributed by atoms with Crippen molar-refractivity contribution >= 4 is 11.8 Å². The quantitative estimate of drug-likeness (QED) is 0.527. The van der Waals surface area contributed by atoms with Gasteiger partial charge in [0.15, 0.2) is 0 Å². The highest BCUT2D eigenvalue weighted by molar-refractivity contribution is 5.82. The molecule has 2 rings (SSSR count). The average molecular weight is 269 g/mol. The normalized spacial score (nSPS) is 27.1. The van der Waals surface area contributed by atoms with Crippen molar-refractivity contribution in [2.45, 2.75) is 56.7 Å². The summed E-state index contributed by atoms with van der Waals surface area (Å²) < 4.78 is 0. The molecule has 1 saturated heterocycles. The van der Waals surface area contributed by atoms with Gasteiger partial charge in [0.25, 0.3) is 5.91 Å². The van der Waals surface area contributed by atoms with Crippen LogP contribution in [0.15, 0.2) is 0 Å². The Morgan fingerprint density at radius 1 is 1.42 bits per heavy atom. The first-order valence-electron chi connectivity index (χ1n) is 7.09. The lowest BCUT2D eigenvalue weighted by molar-refractivity contribution is -0.132. The van der Waals surface area contributed by atoms with Crippen molar-refractivity contribution in [1.82, 2.24) is 10.6 Å². The van der Waals surface area contributed by atoms with Crippen LogP contribution in [0.1, 0.15) is 38.5 Å². The van der Waals surface area contributed by atoms with E-state index in [1.807, 2.05) is 0 Å². The van der Waals surface area contributed by atoms with Crippen LogP contribution in [0.25, 0.3) is 0 Å². The second-order valence-corrected chi connectivity index (χ2v) is 5.61. The molecule has 0 aromatic heterocycles. The number of hydrogen-bond acceptors (Lipinski definition) is 4. The Balaban J connectivity index is 1.78. The maximum atomic E-state index is 11.9. The molecule has 3 unspecified atom stereocenters. The summed E-state index contributed by atoms with van der Waals surface area (Å²) >= 11 is 0. The van der Waals surface area contributed by atoms with Gasteiger partial charge in [-0.05, 0) is 25.7 Å². The predicted octanol–water partition coefficient (Wildman–Crippen LogP) is -0.740. The second-order valence-electron chi connectivity index (χ2n) is 5.61. The molecule has 2 aliphatic rings. The van der Waals surface area contributed by atoms with Crippen LogP contribution in [-0.4, -0.2) is 41.7 Å². The maximum absolute atomic E-state index is 11.9. The van der Waals surface area contributed by atoms with E-state index in [-0.39, 0.29) is 17.9 Å². The molecule has 0 bridgehead atoms. The topological polar surface area (TPSA) is 104 Å². The molecule has 2 fully saturated rings. The number of nitrogens with one attached hydrogen (secondary N) is 2. The zero-order valence-electron chi connectivity index (χ0n) is 11.1. The molecule has 0 aromatic rings. The van der Waals surface area contributed by atoms with Gasteiger partial charge in [-0.2, -0.15) is 0 Å². The van der Waals surface area contributed by atoms with Crippen LogP contribution in [0.4, 0.5) is 0 Å². The van der Waals surface area contributed by atoms with Crippen molar-refractivity contribution in [3.05, 3.63) is 0 Å². The Bertz CT molecular complexity index is 342. The molecule has 5 N–H and O–H groups in total. The van der Waals surface area contributed by atoms with Gasteiger partial charge in [-0.3, -0.25) is 9.59 Å². The predicted molar refractivity (Wildman–Crippen MR) is 70.1 cm³/mol. The number of aliphatic hydroxyl groups is 1. The lowest BCUT2D eigenvalue weighted by Crippen LogP contribution is -2.49. The molecule has 1 saturated carbocycles. The van der Waals surface area contributed by atoms with Crippen molar-refractivity contribution in [2.75, 3.05) is 6.54 Å². The number of carbonyl (C=O) groups is 2. The zero-order chi connectivity index (χ0) is 13.8. The lowest BCUT2D eigenvalue weighted by atomic mass is 9.95. The molecule has 2 amide bonds. The Hall–Kier alpha value is -1.14. The number of amides is 2. The molecule has 0 aromatic carbocycles. The average Bonchev–Trinajstić information content (AvgIpc) is 3.01. The van der Waals surface area contributed by atoms with Gasteiger partial charge in [-0.25, -0.2) is 0 Å². The van der Waals surface area contributed by atoms with Gasteiger partial charge < -0.3 is 21.5 Å². The fourth-order valence-electron chi connectivity index (χ4n) is 2.88. The Morgan fingerprint density at radius 3 is 2.68 bits per heavy atom. The van der Waals surface area contributed by atoms with Crippen LogP contribution < -0.4 is 16.4 Å². The van der Waals surface area contributed by atoms with Gasteiger partial charge in [0.1, 0.15) is 6.10 Å². The second kappa shape index (κ2) is 6.34. The van der Waals surface area contributed by atoms with E-state index >= 15 is 0 Å². The van der Waals surface area contributed by atoms with E-state index in [0.717, 1.165) is 32.1 Å². The monoisotopic (exact) mass is 269 g/mol. The first kappa shape index (κ1) is 14.3. The molecule has 1 aliphatic carbocycles. The number of rotatable bonds is 5. The highest BCUT2D eigenvalue weighted by Gasteiger charge is 2.32. The smallest absolute Gasteiger partial charge is 0.250 e. The van der Waals surface area contributed by atoms with E-state index in [1.165, 1.54) is 0 Å². The molecular formula is C13H23N3O3. The van der Waals surface area contributed by atoms with Crippen LogP contribution in [-0.2, 0) is 9.59 Å². The van der Waals surface area contributed by atoms with Crippen LogP contribution in [0, 0.1) is 5.92 Å². The number of hydrogen-bond donors (Lipinski definition) is 4. The zero-order valence-corrected chi connectivity index (χ0v) is 11.1. The fraction of sp³-hybridized carbons (Fsp3) is 0.846. The Labute approximate surface area is 113 Å². The van der Waals surface area contributed by atoms with E-state index in [9.17, 15) is 14.7 Å². The number of carbonyl (C=O) groups excluding carboxylic acids is 2. The van der Waals surface area contributed by atoms with Crippen molar-refractivity contribution in [1.29, 1.82) is 0 Å². The van der Waals surface area contributed by atoms with Crippen LogP contribution in [0.3, 0.4) is 0 Å². The maximum Gasteiger partial charge on any atom is 0.250 e. The molecule has 6 nitrogen and oxygen atoms in total. The molecule has 1 heterocycles. The molecule has 3 atom stereocenters. The third-order valence-electron chi connectivity index (χ3n) is 4.10. The minimum Gasteiger partial charge on any atom is -0.382 e. The molecule has 108 valence electrons. The minimum absolute atomic E-state index is 0.0288. The van der Waals surface area contributed by atoms with E-state index in [4.69, 9.17) is 5.73 Å². The highest BCUT2D eigenvalue weighted by atomic mass is 16.3. The summed E-state index contributed by atoms with van der Waals surface area (Å²) in [4.78, 5) is 23.3. The van der Waals surface area contributed by atoms with Crippen molar-refractivity contribution in [3.8, 4) is 0 Å². The first-order chi connectivity index (χ1) is 9.08. The van der Waals surface area contributed by atoms with Gasteiger partial charge in [-0.15, -0.1) is 0 Å². The largest absolute Gasteiger partial charge is 0.382 e. The highest BCUT2D eigenvalue weighted by Crippen LogP contribution is 2.19. The summed E-state index contributed by atoms with van der Waals surface area (Å²) in [5.74, 6) is -0.611. The van der Waals surface area contributed by atoms with E-state index < -0.39 is 18.1 Å². The molecule has 1 aliphatic heterocycles. The van der Waals surface area contributed by atoms with Gasteiger partial charge >= 0.3 is 0 Å². The van der Waals surface area contributed by atoms with Gasteiger partial charge in [0.2, 0.25) is 5.91 Å². The van der Waals surface area contributed by atoms with Crippen LogP contribution >= 0.6 is 0 Å². The van der Waals surface area contributed by atoms with E-state index in [2.05, 4.69) is 10.6 Å². The van der Waals surface area contributed by atoms with Crippen molar-refractivity contribution in [3.63, 3.8) is 0 Å². The van der Waals surface area contributed by atoms with Gasteiger partial charge in [0, 0.05) is 24.5 Å². The Morgan fingerprint density at radius 2 is 2.11 bits per heavy atom. The Kier molecular flexibility index (Phi) is 4.76. The third kappa shape index (κ3) is 3.67. The lowest BCUT2D eigenvalue weighted by Gasteiger charge is -2.22. The summed E-state index contributed by atoms with van der Waals surface area (Å²) in [6.45, 7) is 0.653. The SMILES string of the molecule is NC(CC1CCNC1=O)C(O)C(=O)NC1CCCC1. The third-order valence-corrected chi connectivity index (χ3v) is 4.10. The van der Waals surface area contributed by atoms with Crippen molar-refractivity contribution in [2.24, 2.45) is 11.7 Å². The van der Waals surface area contributed by atoms with Crippen LogP contribution in [0.2, 0.25) is 0 Å². The van der Waals surface area contributed by atoms with Crippen LogP contribution in [0.5, 0.6) is 0 Å². The summed E-state index contributed by atoms with van der Waals surface area (Å²) in [5, 5.41) is 15.5. The first-order valence-corrected chi connectivity index (χ1v) is 7.09. The number of nitrogens with two attached hydrogens (primary N) is 1. The molecule has 19 heavy (non-hydrogen) atoms. The molecular weight excluding hydrogens is 246 g/mol. The summed E-state index contributed by atoms with van der Waals surface area (Å²) in [6.07, 6.45) is 4.03. The summed E-state index contributed by atoms with van der Waals surface area (Å²) in [7, 11) is 0. The van der Waals surface area contributed by atoms with Crippen molar-refractivity contribution < 1.29 is 14.7 Å². The summed E-state index contributed by atoms with van der Waals surface area (Å²) in [5.41, 5.74) is 5.84. The minimum atomic E-state index is -1.23. The molecule has 0 radical (unpaired) electrons. The summed E-state index contributed by atoms with van der Waals surface area (Å²) in [6, 6.07) is -0.514. The van der Waals surface area contributed by atoms with E-state index in [0.29, 0.717) is 13.0 Å². The standard InChI is InChI=1S/C13H23N3O3/c14-10(7-8-5-6-15-12(8)18)11(17)13(19)16-9-3-1-2-4-9/h8-11,17H,1-7,14H2,(H,15,18)(H,16,19). The van der Waals surface area contributed by atoms with Gasteiger partial charge in [0.05, 0.1) is 0 Å². The van der Waals surface area contributed by atoms with E-state index in [1.54, 1.807) is 0 Å². The van der Waals surface area contributed by atoms with Gasteiger partial charge in [-0.1, -0.05) is 12.8 Å². The number of aliphatic hydroxyl groups excluding tert-OH is 1. The molecule has 0 spiro atoms.